The van der Waals surface area contributed by atoms with Crippen molar-refractivity contribution >= 4 is 34.7 Å². The number of benzene rings is 2. The van der Waals surface area contributed by atoms with Crippen molar-refractivity contribution in [1.29, 1.82) is 0 Å². The molecular formula is C20H16ClF4N3O3. The third kappa shape index (κ3) is 4.58. The van der Waals surface area contributed by atoms with Crippen molar-refractivity contribution in [2.75, 3.05) is 18.9 Å². The Balaban J connectivity index is 2.01. The maximum atomic E-state index is 14.5. The summed E-state index contributed by atoms with van der Waals surface area (Å²) in [5.74, 6) is -3.40. The number of alkyl halides is 3. The maximum absolute atomic E-state index is 14.5. The van der Waals surface area contributed by atoms with Gasteiger partial charge in [0.25, 0.3) is 5.91 Å². The van der Waals surface area contributed by atoms with Crippen LogP contribution >= 0.6 is 11.6 Å². The molecule has 0 spiro atoms. The zero-order chi connectivity index (χ0) is 22.9. The molecule has 0 aromatic heterocycles. The van der Waals surface area contributed by atoms with Crippen molar-refractivity contribution < 1.29 is 32.3 Å². The molecular weight excluding hydrogens is 442 g/mol. The van der Waals surface area contributed by atoms with Gasteiger partial charge >= 0.3 is 12.1 Å². The number of carboxylic acids is 1. The van der Waals surface area contributed by atoms with E-state index < -0.39 is 42.1 Å². The standard InChI is InChI=1S/C20H16ClF4N3O3/c1-28-9-11(19(31)26-8-15(29)30)16-10(4-2-6-13(16)21)18(28)27-14-7-3-5-12(17(14)22)20(23,24)25/h2-7,9,18,27H,8H2,1H3,(H,26,31)(H,29,30). The molecule has 1 atom stereocenters. The molecule has 1 heterocycles. The molecule has 0 bridgehead atoms. The lowest BCUT2D eigenvalue weighted by Crippen LogP contribution is -2.36. The summed E-state index contributed by atoms with van der Waals surface area (Å²) in [6, 6.07) is 7.55. The van der Waals surface area contributed by atoms with Crippen LogP contribution in [0.4, 0.5) is 23.2 Å². The minimum Gasteiger partial charge on any atom is -0.480 e. The van der Waals surface area contributed by atoms with Crippen LogP contribution in [-0.4, -0.2) is 35.5 Å². The number of rotatable bonds is 5. The number of hydrogen-bond acceptors (Lipinski definition) is 4. The fourth-order valence-corrected chi connectivity index (χ4v) is 3.51. The van der Waals surface area contributed by atoms with Gasteiger partial charge in [-0.15, -0.1) is 0 Å². The molecule has 6 nitrogen and oxygen atoms in total. The molecule has 1 aliphatic rings. The van der Waals surface area contributed by atoms with Crippen LogP contribution in [0.1, 0.15) is 22.9 Å². The number of aliphatic carboxylic acids is 1. The molecule has 3 N–H and O–H groups in total. The topological polar surface area (TPSA) is 81.7 Å². The van der Waals surface area contributed by atoms with Crippen LogP contribution in [0.25, 0.3) is 5.57 Å². The van der Waals surface area contributed by atoms with Crippen molar-refractivity contribution in [2.24, 2.45) is 0 Å². The van der Waals surface area contributed by atoms with Gasteiger partial charge in [-0.25, -0.2) is 4.39 Å². The molecule has 0 saturated carbocycles. The van der Waals surface area contributed by atoms with E-state index in [4.69, 9.17) is 16.7 Å². The van der Waals surface area contributed by atoms with E-state index in [1.165, 1.54) is 30.3 Å². The number of halogens is 5. The molecule has 0 aliphatic carbocycles. The first-order valence-electron chi connectivity index (χ1n) is 8.85. The van der Waals surface area contributed by atoms with Crippen LogP contribution in [0.5, 0.6) is 0 Å². The van der Waals surface area contributed by atoms with Gasteiger partial charge < -0.3 is 20.6 Å². The molecule has 2 aromatic carbocycles. The number of carboxylic acid groups (broad SMARTS) is 1. The van der Waals surface area contributed by atoms with Crippen LogP contribution in [0.3, 0.4) is 0 Å². The third-order valence-corrected chi connectivity index (χ3v) is 4.91. The maximum Gasteiger partial charge on any atom is 0.419 e. The Hall–Kier alpha value is -3.27. The van der Waals surface area contributed by atoms with E-state index in [1.807, 2.05) is 0 Å². The molecule has 11 heteroatoms. The van der Waals surface area contributed by atoms with Gasteiger partial charge in [0, 0.05) is 29.4 Å². The van der Waals surface area contributed by atoms with Gasteiger partial charge in [0.15, 0.2) is 5.82 Å². The zero-order valence-electron chi connectivity index (χ0n) is 15.9. The first kappa shape index (κ1) is 22.4. The van der Waals surface area contributed by atoms with Crippen LogP contribution in [0, 0.1) is 5.82 Å². The van der Waals surface area contributed by atoms with Crippen LogP contribution < -0.4 is 10.6 Å². The van der Waals surface area contributed by atoms with Crippen LogP contribution in [0.15, 0.2) is 42.6 Å². The fourth-order valence-electron chi connectivity index (χ4n) is 3.23. The van der Waals surface area contributed by atoms with Crippen molar-refractivity contribution in [2.45, 2.75) is 12.3 Å². The summed E-state index contributed by atoms with van der Waals surface area (Å²) in [6.07, 6.45) is -4.37. The predicted octanol–water partition coefficient (Wildman–Crippen LogP) is 4.10. The molecule has 1 unspecified atom stereocenters. The number of carbonyl (C=O) groups is 2. The van der Waals surface area contributed by atoms with Gasteiger partial charge in [0.1, 0.15) is 12.7 Å². The molecule has 31 heavy (non-hydrogen) atoms. The Morgan fingerprint density at radius 2 is 1.87 bits per heavy atom. The minimum absolute atomic E-state index is 0.0620. The van der Waals surface area contributed by atoms with Gasteiger partial charge in [-0.05, 0) is 18.2 Å². The molecule has 1 aliphatic heterocycles. The molecule has 2 aromatic rings. The van der Waals surface area contributed by atoms with Crippen molar-refractivity contribution in [3.63, 3.8) is 0 Å². The smallest absolute Gasteiger partial charge is 0.419 e. The third-order valence-electron chi connectivity index (χ3n) is 4.59. The predicted molar refractivity (Wildman–Crippen MR) is 106 cm³/mol. The second kappa shape index (κ2) is 8.46. The monoisotopic (exact) mass is 457 g/mol. The molecule has 3 rings (SSSR count). The molecule has 0 saturated heterocycles. The average molecular weight is 458 g/mol. The second-order valence-corrected chi connectivity index (χ2v) is 7.11. The van der Waals surface area contributed by atoms with E-state index in [0.29, 0.717) is 11.6 Å². The summed E-state index contributed by atoms with van der Waals surface area (Å²) >= 11 is 6.27. The Bertz CT molecular complexity index is 1070. The number of nitrogens with zero attached hydrogens (tertiary/aromatic N) is 1. The highest BCUT2D eigenvalue weighted by atomic mass is 35.5. The highest BCUT2D eigenvalue weighted by molar-refractivity contribution is 6.35. The van der Waals surface area contributed by atoms with E-state index in [0.717, 1.165) is 6.07 Å². The van der Waals surface area contributed by atoms with Crippen LogP contribution in [-0.2, 0) is 15.8 Å². The SMILES string of the molecule is CN1C=C(C(=O)NCC(=O)O)c2c(Cl)cccc2C1Nc1cccc(C(F)(F)F)c1F. The second-order valence-electron chi connectivity index (χ2n) is 6.70. The molecule has 0 radical (unpaired) electrons. The number of carbonyl (C=O) groups excluding carboxylic acids is 1. The van der Waals surface area contributed by atoms with Gasteiger partial charge in [0.05, 0.1) is 16.8 Å². The summed E-state index contributed by atoms with van der Waals surface area (Å²) in [5.41, 5.74) is -1.08. The lowest BCUT2D eigenvalue weighted by Gasteiger charge is -2.35. The minimum atomic E-state index is -4.86. The fraction of sp³-hybridized carbons (Fsp3) is 0.200. The van der Waals surface area contributed by atoms with E-state index in [9.17, 15) is 27.2 Å². The summed E-state index contributed by atoms with van der Waals surface area (Å²) in [5, 5.41) is 13.9. The van der Waals surface area contributed by atoms with E-state index in [-0.39, 0.29) is 21.8 Å². The van der Waals surface area contributed by atoms with Crippen LogP contribution in [0.2, 0.25) is 5.02 Å². The Kier molecular flexibility index (Phi) is 6.12. The number of nitrogens with one attached hydrogen (secondary N) is 2. The van der Waals surface area contributed by atoms with Gasteiger partial charge in [-0.1, -0.05) is 29.8 Å². The normalized spacial score (nSPS) is 15.7. The molecule has 0 fully saturated rings. The summed E-state index contributed by atoms with van der Waals surface area (Å²) in [6.45, 7) is -0.614. The highest BCUT2D eigenvalue weighted by Crippen LogP contribution is 2.40. The van der Waals surface area contributed by atoms with Gasteiger partial charge in [-0.3, -0.25) is 9.59 Å². The lowest BCUT2D eigenvalue weighted by atomic mass is 9.93. The summed E-state index contributed by atoms with van der Waals surface area (Å²) in [4.78, 5) is 24.7. The van der Waals surface area contributed by atoms with Crippen molar-refractivity contribution in [3.8, 4) is 0 Å². The quantitative estimate of drug-likeness (QED) is 0.589. The molecule has 164 valence electrons. The first-order chi connectivity index (χ1) is 14.5. The lowest BCUT2D eigenvalue weighted by molar-refractivity contribution is -0.140. The summed E-state index contributed by atoms with van der Waals surface area (Å²) < 4.78 is 53.7. The number of anilines is 1. The summed E-state index contributed by atoms with van der Waals surface area (Å²) in [7, 11) is 1.53. The van der Waals surface area contributed by atoms with Gasteiger partial charge in [-0.2, -0.15) is 13.2 Å². The Morgan fingerprint density at radius 1 is 1.19 bits per heavy atom. The van der Waals surface area contributed by atoms with Crippen molar-refractivity contribution in [1.82, 2.24) is 10.2 Å². The van der Waals surface area contributed by atoms with Crippen molar-refractivity contribution in [3.05, 3.63) is 70.1 Å². The number of hydrogen-bond donors (Lipinski definition) is 3. The van der Waals surface area contributed by atoms with Gasteiger partial charge in [0.2, 0.25) is 0 Å². The van der Waals surface area contributed by atoms with E-state index >= 15 is 0 Å². The number of fused-ring (bicyclic) bond motifs is 1. The van der Waals surface area contributed by atoms with E-state index in [2.05, 4.69) is 10.6 Å². The largest absolute Gasteiger partial charge is 0.480 e. The average Bonchev–Trinajstić information content (AvgIpc) is 2.68. The Morgan fingerprint density at radius 3 is 2.52 bits per heavy atom. The highest BCUT2D eigenvalue weighted by Gasteiger charge is 2.36. The Labute approximate surface area is 179 Å². The zero-order valence-corrected chi connectivity index (χ0v) is 16.7. The van der Waals surface area contributed by atoms with E-state index in [1.54, 1.807) is 12.1 Å². The first-order valence-corrected chi connectivity index (χ1v) is 9.23. The molecule has 1 amide bonds. The number of amides is 1.